The molecular weight excluding hydrogens is 262 g/mol. The molecule has 14 heavy (non-hydrogen) atoms. The van der Waals surface area contributed by atoms with Crippen molar-refractivity contribution in [1.82, 2.24) is 5.32 Å². The van der Waals surface area contributed by atoms with Crippen LogP contribution in [0, 0.1) is 0 Å². The number of thiophene rings is 1. The third kappa shape index (κ3) is 4.09. The van der Waals surface area contributed by atoms with Gasteiger partial charge in [-0.05, 0) is 35.3 Å². The monoisotopic (exact) mass is 277 g/mol. The van der Waals surface area contributed by atoms with Crippen molar-refractivity contribution in [2.75, 3.05) is 6.54 Å². The Kier molecular flexibility index (Phi) is 4.57. The van der Waals surface area contributed by atoms with Crippen LogP contribution in [0.1, 0.15) is 25.1 Å². The maximum atomic E-state index is 9.74. The van der Waals surface area contributed by atoms with Crippen molar-refractivity contribution < 1.29 is 5.11 Å². The van der Waals surface area contributed by atoms with Crippen molar-refractivity contribution >= 4 is 27.3 Å². The van der Waals surface area contributed by atoms with E-state index in [2.05, 4.69) is 32.7 Å². The first-order valence-electron chi connectivity index (χ1n) is 4.69. The smallest absolute Gasteiger partial charge is 0.0741 e. The van der Waals surface area contributed by atoms with Crippen molar-refractivity contribution in [1.29, 1.82) is 0 Å². The lowest BCUT2D eigenvalue weighted by atomic mass is 10.0. The molecule has 1 atom stereocenters. The number of rotatable bonds is 5. The SMILES string of the molecule is CCC(C)(O)CNCc1cc(Br)cs1. The van der Waals surface area contributed by atoms with E-state index in [1.165, 1.54) is 4.88 Å². The van der Waals surface area contributed by atoms with Gasteiger partial charge in [-0.3, -0.25) is 0 Å². The maximum absolute atomic E-state index is 9.74. The normalized spacial score (nSPS) is 15.4. The second-order valence-electron chi connectivity index (χ2n) is 3.69. The molecular formula is C10H16BrNOS. The number of halogens is 1. The van der Waals surface area contributed by atoms with Crippen molar-refractivity contribution in [3.05, 3.63) is 20.8 Å². The zero-order chi connectivity index (χ0) is 10.6. The van der Waals surface area contributed by atoms with Gasteiger partial charge < -0.3 is 10.4 Å². The quantitative estimate of drug-likeness (QED) is 0.868. The van der Waals surface area contributed by atoms with E-state index in [-0.39, 0.29) is 0 Å². The van der Waals surface area contributed by atoms with E-state index in [9.17, 15) is 5.11 Å². The molecule has 1 heterocycles. The first kappa shape index (κ1) is 12.2. The van der Waals surface area contributed by atoms with E-state index in [1.807, 2.05) is 13.8 Å². The third-order valence-corrected chi connectivity index (χ3v) is 3.89. The van der Waals surface area contributed by atoms with Gasteiger partial charge in [-0.2, -0.15) is 0 Å². The molecule has 0 spiro atoms. The van der Waals surface area contributed by atoms with Gasteiger partial charge in [0.05, 0.1) is 5.60 Å². The minimum atomic E-state index is -0.589. The molecule has 0 aliphatic heterocycles. The second-order valence-corrected chi connectivity index (χ2v) is 5.60. The van der Waals surface area contributed by atoms with Crippen LogP contribution >= 0.6 is 27.3 Å². The molecule has 2 nitrogen and oxygen atoms in total. The zero-order valence-corrected chi connectivity index (χ0v) is 10.9. The highest BCUT2D eigenvalue weighted by Gasteiger charge is 2.16. The van der Waals surface area contributed by atoms with Gasteiger partial charge in [0.1, 0.15) is 0 Å². The molecule has 0 fully saturated rings. The lowest BCUT2D eigenvalue weighted by Crippen LogP contribution is -2.36. The summed E-state index contributed by atoms with van der Waals surface area (Å²) in [7, 11) is 0. The highest BCUT2D eigenvalue weighted by Crippen LogP contribution is 2.19. The van der Waals surface area contributed by atoms with Crippen molar-refractivity contribution in [2.24, 2.45) is 0 Å². The standard InChI is InChI=1S/C10H16BrNOS/c1-3-10(2,13)7-12-5-9-4-8(11)6-14-9/h4,6,12-13H,3,5,7H2,1-2H3. The molecule has 0 aliphatic carbocycles. The molecule has 1 aromatic heterocycles. The molecule has 0 radical (unpaired) electrons. The van der Waals surface area contributed by atoms with E-state index < -0.39 is 5.60 Å². The average molecular weight is 278 g/mol. The Labute approximate surface area is 97.5 Å². The van der Waals surface area contributed by atoms with E-state index in [0.29, 0.717) is 6.54 Å². The van der Waals surface area contributed by atoms with Crippen LogP contribution in [-0.2, 0) is 6.54 Å². The van der Waals surface area contributed by atoms with Gasteiger partial charge >= 0.3 is 0 Å². The average Bonchev–Trinajstić information content (AvgIpc) is 2.51. The van der Waals surface area contributed by atoms with E-state index in [4.69, 9.17) is 0 Å². The van der Waals surface area contributed by atoms with Crippen molar-refractivity contribution in [3.8, 4) is 0 Å². The van der Waals surface area contributed by atoms with Crippen LogP contribution in [0.25, 0.3) is 0 Å². The molecule has 1 aromatic rings. The summed E-state index contributed by atoms with van der Waals surface area (Å²) in [4.78, 5) is 1.28. The van der Waals surface area contributed by atoms with Gasteiger partial charge in [-0.15, -0.1) is 11.3 Å². The summed E-state index contributed by atoms with van der Waals surface area (Å²) in [6.07, 6.45) is 0.772. The molecule has 0 saturated carbocycles. The molecule has 0 aliphatic rings. The number of hydrogen-bond donors (Lipinski definition) is 2. The summed E-state index contributed by atoms with van der Waals surface area (Å²) in [6, 6.07) is 2.10. The second kappa shape index (κ2) is 5.26. The summed E-state index contributed by atoms with van der Waals surface area (Å²) >= 11 is 5.13. The number of aliphatic hydroxyl groups is 1. The Bertz CT molecular complexity index is 285. The minimum absolute atomic E-state index is 0.589. The molecule has 0 saturated heterocycles. The molecule has 1 unspecified atom stereocenters. The highest BCUT2D eigenvalue weighted by atomic mass is 79.9. The van der Waals surface area contributed by atoms with E-state index in [1.54, 1.807) is 11.3 Å². The Balaban J connectivity index is 2.28. The fourth-order valence-corrected chi connectivity index (χ4v) is 2.45. The minimum Gasteiger partial charge on any atom is -0.389 e. The van der Waals surface area contributed by atoms with E-state index >= 15 is 0 Å². The van der Waals surface area contributed by atoms with Crippen LogP contribution in [0.3, 0.4) is 0 Å². The Hall–Kier alpha value is 0.1000. The summed E-state index contributed by atoms with van der Waals surface area (Å²) in [5, 5.41) is 15.0. The topological polar surface area (TPSA) is 32.3 Å². The zero-order valence-electron chi connectivity index (χ0n) is 8.51. The van der Waals surface area contributed by atoms with Crippen molar-refractivity contribution in [2.45, 2.75) is 32.4 Å². The first-order valence-corrected chi connectivity index (χ1v) is 6.37. The first-order chi connectivity index (χ1) is 6.53. The summed E-state index contributed by atoms with van der Waals surface area (Å²) < 4.78 is 1.13. The van der Waals surface area contributed by atoms with E-state index in [0.717, 1.165) is 17.4 Å². The van der Waals surface area contributed by atoms with Crippen molar-refractivity contribution in [3.63, 3.8) is 0 Å². The molecule has 4 heteroatoms. The fraction of sp³-hybridized carbons (Fsp3) is 0.600. The Morgan fingerprint density at radius 1 is 1.64 bits per heavy atom. The van der Waals surface area contributed by atoms with Gasteiger partial charge in [0.2, 0.25) is 0 Å². The maximum Gasteiger partial charge on any atom is 0.0741 e. The molecule has 2 N–H and O–H groups in total. The van der Waals surface area contributed by atoms with Crippen LogP contribution < -0.4 is 5.32 Å². The molecule has 0 aromatic carbocycles. The third-order valence-electron chi connectivity index (χ3n) is 2.19. The van der Waals surface area contributed by atoms with Gasteiger partial charge in [0.25, 0.3) is 0 Å². The summed E-state index contributed by atoms with van der Waals surface area (Å²) in [5.74, 6) is 0. The lowest BCUT2D eigenvalue weighted by Gasteiger charge is -2.21. The molecule has 0 amide bonds. The van der Waals surface area contributed by atoms with Gasteiger partial charge in [0, 0.05) is 27.8 Å². The van der Waals surface area contributed by atoms with Crippen LogP contribution in [0.5, 0.6) is 0 Å². The van der Waals surface area contributed by atoms with Crippen LogP contribution in [0.2, 0.25) is 0 Å². The van der Waals surface area contributed by atoms with Crippen LogP contribution in [0.4, 0.5) is 0 Å². The van der Waals surface area contributed by atoms with Gasteiger partial charge in [-0.25, -0.2) is 0 Å². The number of nitrogens with one attached hydrogen (secondary N) is 1. The Morgan fingerprint density at radius 2 is 2.36 bits per heavy atom. The molecule has 1 rings (SSSR count). The largest absolute Gasteiger partial charge is 0.389 e. The lowest BCUT2D eigenvalue weighted by molar-refractivity contribution is 0.0556. The molecule has 80 valence electrons. The summed E-state index contributed by atoms with van der Waals surface area (Å²) in [6.45, 7) is 5.30. The Morgan fingerprint density at radius 3 is 2.86 bits per heavy atom. The molecule has 0 bridgehead atoms. The van der Waals surface area contributed by atoms with Gasteiger partial charge in [-0.1, -0.05) is 6.92 Å². The number of hydrogen-bond acceptors (Lipinski definition) is 3. The predicted octanol–water partition coefficient (Wildman–Crippen LogP) is 2.76. The fourth-order valence-electron chi connectivity index (χ4n) is 1.03. The predicted molar refractivity (Wildman–Crippen MR) is 64.6 cm³/mol. The van der Waals surface area contributed by atoms with Crippen LogP contribution in [-0.4, -0.2) is 17.3 Å². The highest BCUT2D eigenvalue weighted by molar-refractivity contribution is 9.10. The summed E-state index contributed by atoms with van der Waals surface area (Å²) in [5.41, 5.74) is -0.589. The van der Waals surface area contributed by atoms with Gasteiger partial charge in [0.15, 0.2) is 0 Å². The van der Waals surface area contributed by atoms with Crippen LogP contribution in [0.15, 0.2) is 15.9 Å².